The zero-order valence-electron chi connectivity index (χ0n) is 13.9. The Hall–Kier alpha value is -2.30. The van der Waals surface area contributed by atoms with Gasteiger partial charge in [-0.05, 0) is 12.8 Å². The van der Waals surface area contributed by atoms with Crippen molar-refractivity contribution in [3.05, 3.63) is 41.7 Å². The molecule has 1 aliphatic heterocycles. The molecule has 1 saturated carbocycles. The van der Waals surface area contributed by atoms with E-state index in [1.165, 1.54) is 19.3 Å². The summed E-state index contributed by atoms with van der Waals surface area (Å²) in [6, 6.07) is 10.6. The van der Waals surface area contributed by atoms with Crippen LogP contribution in [0, 0.1) is 0 Å². The lowest BCUT2D eigenvalue weighted by molar-refractivity contribution is 0.183. The maximum atomic E-state index is 12.5. The second kappa shape index (κ2) is 6.67. The third-order valence-corrected chi connectivity index (χ3v) is 5.10. The summed E-state index contributed by atoms with van der Waals surface area (Å²) in [6.07, 6.45) is 6.82. The largest absolute Gasteiger partial charge is 0.340 e. The third kappa shape index (κ3) is 3.16. The molecule has 2 heterocycles. The van der Waals surface area contributed by atoms with Crippen molar-refractivity contribution in [2.45, 2.75) is 51.1 Å². The first kappa shape index (κ1) is 15.2. The van der Waals surface area contributed by atoms with E-state index in [1.54, 1.807) is 0 Å². The number of benzene rings is 1. The molecular weight excluding hydrogens is 300 g/mol. The fourth-order valence-electron chi connectivity index (χ4n) is 3.71. The first-order valence-corrected chi connectivity index (χ1v) is 8.98. The first-order chi connectivity index (χ1) is 11.8. The van der Waals surface area contributed by atoms with Crippen LogP contribution >= 0.6 is 0 Å². The van der Waals surface area contributed by atoms with Crippen LogP contribution in [0.2, 0.25) is 0 Å². The molecule has 2 N–H and O–H groups in total. The van der Waals surface area contributed by atoms with Crippen LogP contribution in [0.3, 0.4) is 0 Å². The number of urea groups is 1. The van der Waals surface area contributed by atoms with E-state index >= 15 is 0 Å². The number of nitrogens with one attached hydrogen (secondary N) is 2. The average molecular weight is 324 g/mol. The lowest BCUT2D eigenvalue weighted by atomic mass is 9.96. The summed E-state index contributed by atoms with van der Waals surface area (Å²) < 4.78 is 0. The van der Waals surface area contributed by atoms with Gasteiger partial charge in [-0.1, -0.05) is 49.6 Å². The minimum atomic E-state index is 0.0726. The van der Waals surface area contributed by atoms with Crippen LogP contribution in [0.1, 0.15) is 43.5 Å². The number of rotatable bonds is 2. The number of carbonyl (C=O) groups is 1. The molecule has 0 radical (unpaired) electrons. The average Bonchev–Trinajstić information content (AvgIpc) is 3.06. The molecule has 2 aliphatic rings. The molecule has 1 aliphatic carbocycles. The summed E-state index contributed by atoms with van der Waals surface area (Å²) in [4.78, 5) is 22.6. The molecule has 4 rings (SSSR count). The predicted molar refractivity (Wildman–Crippen MR) is 93.5 cm³/mol. The summed E-state index contributed by atoms with van der Waals surface area (Å²) >= 11 is 0. The Balaban J connectivity index is 1.43. The van der Waals surface area contributed by atoms with Crippen LogP contribution in [0.25, 0.3) is 11.4 Å². The molecule has 0 unspecified atom stereocenters. The summed E-state index contributed by atoms with van der Waals surface area (Å²) in [6.45, 7) is 1.36. The zero-order chi connectivity index (χ0) is 16.4. The number of hydrogen-bond acceptors (Lipinski definition) is 2. The summed E-state index contributed by atoms with van der Waals surface area (Å²) in [5.74, 6) is 0.898. The summed E-state index contributed by atoms with van der Waals surface area (Å²) in [5, 5.41) is 3.21. The molecular formula is C19H24N4O. The molecule has 126 valence electrons. The van der Waals surface area contributed by atoms with Crippen molar-refractivity contribution in [3.63, 3.8) is 0 Å². The van der Waals surface area contributed by atoms with Gasteiger partial charge in [-0.3, -0.25) is 0 Å². The van der Waals surface area contributed by atoms with Gasteiger partial charge in [0.05, 0.1) is 17.9 Å². The predicted octanol–water partition coefficient (Wildman–Crippen LogP) is 3.48. The molecule has 5 heteroatoms. The van der Waals surface area contributed by atoms with Crippen LogP contribution in [0.4, 0.5) is 4.79 Å². The Bertz CT molecular complexity index is 703. The molecule has 0 saturated heterocycles. The Morgan fingerprint density at radius 3 is 2.75 bits per heavy atom. The molecule has 0 bridgehead atoms. The molecule has 24 heavy (non-hydrogen) atoms. The van der Waals surface area contributed by atoms with Gasteiger partial charge in [-0.2, -0.15) is 0 Å². The number of aromatic amines is 1. The lowest BCUT2D eigenvalue weighted by Crippen LogP contribution is -2.47. The number of nitrogens with zero attached hydrogens (tertiary/aromatic N) is 2. The number of H-pyrrole nitrogens is 1. The van der Waals surface area contributed by atoms with Gasteiger partial charge in [-0.15, -0.1) is 0 Å². The first-order valence-electron chi connectivity index (χ1n) is 8.98. The van der Waals surface area contributed by atoms with E-state index in [0.29, 0.717) is 12.6 Å². The van der Waals surface area contributed by atoms with Crippen LogP contribution in [-0.4, -0.2) is 33.5 Å². The standard InChI is InChI=1S/C19H24N4O/c24-19(20-15-9-5-2-6-10-15)23-12-11-16-17(13-23)22-18(21-16)14-7-3-1-4-8-14/h1,3-4,7-8,15H,2,5-6,9-13H2,(H,20,24)(H,21,22). The van der Waals surface area contributed by atoms with E-state index in [4.69, 9.17) is 4.98 Å². The van der Waals surface area contributed by atoms with E-state index in [0.717, 1.165) is 48.6 Å². The highest BCUT2D eigenvalue weighted by atomic mass is 16.2. The monoisotopic (exact) mass is 324 g/mol. The minimum Gasteiger partial charge on any atom is -0.340 e. The fourth-order valence-corrected chi connectivity index (χ4v) is 3.71. The Kier molecular flexibility index (Phi) is 4.24. The van der Waals surface area contributed by atoms with Gasteiger partial charge in [0.15, 0.2) is 0 Å². The number of fused-ring (bicyclic) bond motifs is 1. The molecule has 5 nitrogen and oxygen atoms in total. The molecule has 2 amide bonds. The SMILES string of the molecule is O=C(NC1CCCCC1)N1CCc2nc(-c3ccccc3)[nH]c2C1. The molecule has 1 aromatic heterocycles. The van der Waals surface area contributed by atoms with E-state index in [9.17, 15) is 4.79 Å². The van der Waals surface area contributed by atoms with E-state index in [2.05, 4.69) is 22.4 Å². The smallest absolute Gasteiger partial charge is 0.317 e. The topological polar surface area (TPSA) is 61.0 Å². The molecule has 0 spiro atoms. The fraction of sp³-hybridized carbons (Fsp3) is 0.474. The van der Waals surface area contributed by atoms with E-state index in [1.807, 2.05) is 23.1 Å². The van der Waals surface area contributed by atoms with Crippen LogP contribution in [0.5, 0.6) is 0 Å². The van der Waals surface area contributed by atoms with Crippen LogP contribution in [-0.2, 0) is 13.0 Å². The Morgan fingerprint density at radius 2 is 1.96 bits per heavy atom. The number of hydrogen-bond donors (Lipinski definition) is 2. The van der Waals surface area contributed by atoms with Gasteiger partial charge in [0.2, 0.25) is 0 Å². The lowest BCUT2D eigenvalue weighted by Gasteiger charge is -2.30. The zero-order valence-corrected chi connectivity index (χ0v) is 13.9. The van der Waals surface area contributed by atoms with Gasteiger partial charge in [0.1, 0.15) is 5.82 Å². The number of imidazole rings is 1. The molecule has 1 aromatic carbocycles. The van der Waals surface area contributed by atoms with Gasteiger partial charge in [0.25, 0.3) is 0 Å². The maximum absolute atomic E-state index is 12.5. The van der Waals surface area contributed by atoms with Crippen molar-refractivity contribution in [1.29, 1.82) is 0 Å². The normalized spacial score (nSPS) is 18.2. The highest BCUT2D eigenvalue weighted by Crippen LogP contribution is 2.23. The van der Waals surface area contributed by atoms with Crippen molar-refractivity contribution in [1.82, 2.24) is 20.2 Å². The molecule has 0 atom stereocenters. The molecule has 1 fully saturated rings. The highest BCUT2D eigenvalue weighted by molar-refractivity contribution is 5.75. The van der Waals surface area contributed by atoms with Gasteiger partial charge in [0, 0.05) is 24.6 Å². The van der Waals surface area contributed by atoms with Crippen molar-refractivity contribution >= 4 is 6.03 Å². The Morgan fingerprint density at radius 1 is 1.17 bits per heavy atom. The number of amides is 2. The summed E-state index contributed by atoms with van der Waals surface area (Å²) in [5.41, 5.74) is 3.25. The maximum Gasteiger partial charge on any atom is 0.317 e. The number of carbonyl (C=O) groups excluding carboxylic acids is 1. The van der Waals surface area contributed by atoms with Crippen molar-refractivity contribution in [3.8, 4) is 11.4 Å². The van der Waals surface area contributed by atoms with Crippen molar-refractivity contribution in [2.24, 2.45) is 0 Å². The molecule has 2 aromatic rings. The van der Waals surface area contributed by atoms with Gasteiger partial charge < -0.3 is 15.2 Å². The summed E-state index contributed by atoms with van der Waals surface area (Å²) in [7, 11) is 0. The van der Waals surface area contributed by atoms with Crippen LogP contribution < -0.4 is 5.32 Å². The minimum absolute atomic E-state index is 0.0726. The van der Waals surface area contributed by atoms with E-state index in [-0.39, 0.29) is 6.03 Å². The quantitative estimate of drug-likeness (QED) is 0.888. The van der Waals surface area contributed by atoms with Crippen molar-refractivity contribution < 1.29 is 4.79 Å². The number of aromatic nitrogens is 2. The van der Waals surface area contributed by atoms with Gasteiger partial charge >= 0.3 is 6.03 Å². The van der Waals surface area contributed by atoms with Crippen LogP contribution in [0.15, 0.2) is 30.3 Å². The van der Waals surface area contributed by atoms with Gasteiger partial charge in [-0.25, -0.2) is 9.78 Å². The Labute approximate surface area is 142 Å². The highest BCUT2D eigenvalue weighted by Gasteiger charge is 2.25. The second-order valence-corrected chi connectivity index (χ2v) is 6.83. The second-order valence-electron chi connectivity index (χ2n) is 6.83. The van der Waals surface area contributed by atoms with Crippen molar-refractivity contribution in [2.75, 3.05) is 6.54 Å². The van der Waals surface area contributed by atoms with E-state index < -0.39 is 0 Å². The third-order valence-electron chi connectivity index (χ3n) is 5.10.